The molecule has 5 heteroatoms. The Kier molecular flexibility index (Phi) is 3.47. The largest absolute Gasteiger partial charge is 0.340 e. The molecular formula is C12H14BrN3O. The number of carbonyl (C=O) groups excluding carboxylic acids is 1. The Hall–Kier alpha value is -1.36. The number of halogens is 1. The summed E-state index contributed by atoms with van der Waals surface area (Å²) in [5.74, 6) is -0.00231. The van der Waals surface area contributed by atoms with Crippen LogP contribution < -0.4 is 0 Å². The quantitative estimate of drug-likeness (QED) is 0.814. The van der Waals surface area contributed by atoms with E-state index in [4.69, 9.17) is 0 Å². The number of carbonyl (C=O) groups is 1. The number of aromatic nitrogens is 2. The number of pyridine rings is 1. The molecule has 0 saturated heterocycles. The molecule has 0 aliphatic carbocycles. The third-order valence-corrected chi connectivity index (χ3v) is 2.82. The fraction of sp³-hybridized carbons (Fsp3) is 0.333. The summed E-state index contributed by atoms with van der Waals surface area (Å²) >= 11 is 3.44. The predicted octanol–water partition coefficient (Wildman–Crippen LogP) is 2.19. The van der Waals surface area contributed by atoms with E-state index in [0.717, 1.165) is 5.52 Å². The lowest BCUT2D eigenvalue weighted by atomic mass is 10.2. The first-order valence-electron chi connectivity index (χ1n) is 5.41. The highest BCUT2D eigenvalue weighted by Crippen LogP contribution is 2.13. The molecule has 2 heterocycles. The second-order valence-corrected chi connectivity index (χ2v) is 5.62. The number of rotatable bonds is 3. The third kappa shape index (κ3) is 2.49. The first-order chi connectivity index (χ1) is 8.09. The molecule has 0 radical (unpaired) electrons. The molecule has 1 unspecified atom stereocenters. The van der Waals surface area contributed by atoms with E-state index < -0.39 is 0 Å². The number of hydrogen-bond donors (Lipinski definition) is 0. The van der Waals surface area contributed by atoms with Crippen molar-refractivity contribution >= 4 is 27.4 Å². The van der Waals surface area contributed by atoms with Gasteiger partial charge in [0.2, 0.25) is 0 Å². The Balaban J connectivity index is 2.30. The average molecular weight is 296 g/mol. The summed E-state index contributed by atoms with van der Waals surface area (Å²) in [4.78, 5) is 14.2. The van der Waals surface area contributed by atoms with Gasteiger partial charge >= 0.3 is 0 Å². The van der Waals surface area contributed by atoms with E-state index in [9.17, 15) is 4.79 Å². The minimum atomic E-state index is -0.00231. The maximum Gasteiger partial charge on any atom is 0.257 e. The van der Waals surface area contributed by atoms with Crippen molar-refractivity contribution in [3.8, 4) is 0 Å². The van der Waals surface area contributed by atoms with Gasteiger partial charge in [-0.2, -0.15) is 5.10 Å². The molecule has 90 valence electrons. The number of hydrogen-bond acceptors (Lipinski definition) is 2. The molecule has 0 aromatic carbocycles. The fourth-order valence-electron chi connectivity index (χ4n) is 1.77. The zero-order valence-corrected chi connectivity index (χ0v) is 11.4. The normalized spacial score (nSPS) is 12.6. The summed E-state index contributed by atoms with van der Waals surface area (Å²) in [6, 6.07) is 5.69. The zero-order chi connectivity index (χ0) is 12.4. The number of alkyl halides is 1. The van der Waals surface area contributed by atoms with E-state index >= 15 is 0 Å². The highest BCUT2D eigenvalue weighted by atomic mass is 79.9. The molecule has 0 saturated carbocycles. The maximum absolute atomic E-state index is 12.2. The van der Waals surface area contributed by atoms with Gasteiger partial charge in [0, 0.05) is 24.6 Å². The minimum Gasteiger partial charge on any atom is -0.340 e. The van der Waals surface area contributed by atoms with Crippen LogP contribution in [0.5, 0.6) is 0 Å². The van der Waals surface area contributed by atoms with Crippen LogP contribution >= 0.6 is 15.9 Å². The Morgan fingerprint density at radius 2 is 2.35 bits per heavy atom. The Labute approximate surface area is 108 Å². The van der Waals surface area contributed by atoms with Crippen molar-refractivity contribution in [1.29, 1.82) is 0 Å². The molecule has 1 atom stereocenters. The molecule has 17 heavy (non-hydrogen) atoms. The van der Waals surface area contributed by atoms with Gasteiger partial charge in [0.1, 0.15) is 0 Å². The van der Waals surface area contributed by atoms with E-state index in [-0.39, 0.29) is 10.7 Å². The zero-order valence-electron chi connectivity index (χ0n) is 9.80. The lowest BCUT2D eigenvalue weighted by Crippen LogP contribution is -2.31. The van der Waals surface area contributed by atoms with Crippen LogP contribution in [0.1, 0.15) is 17.3 Å². The Morgan fingerprint density at radius 1 is 1.59 bits per heavy atom. The summed E-state index contributed by atoms with van der Waals surface area (Å²) in [5.41, 5.74) is 1.48. The topological polar surface area (TPSA) is 37.6 Å². The molecule has 2 rings (SSSR count). The monoisotopic (exact) mass is 295 g/mol. The van der Waals surface area contributed by atoms with Gasteiger partial charge in [-0.05, 0) is 12.1 Å². The van der Waals surface area contributed by atoms with Gasteiger partial charge in [0.15, 0.2) is 0 Å². The van der Waals surface area contributed by atoms with Crippen molar-refractivity contribution in [3.05, 3.63) is 36.2 Å². The van der Waals surface area contributed by atoms with Gasteiger partial charge in [-0.25, -0.2) is 4.52 Å². The van der Waals surface area contributed by atoms with E-state index in [0.29, 0.717) is 12.1 Å². The van der Waals surface area contributed by atoms with Crippen molar-refractivity contribution in [2.75, 3.05) is 13.6 Å². The van der Waals surface area contributed by atoms with E-state index in [1.54, 1.807) is 22.7 Å². The molecular weight excluding hydrogens is 282 g/mol. The van der Waals surface area contributed by atoms with E-state index in [1.807, 2.05) is 31.3 Å². The van der Waals surface area contributed by atoms with Gasteiger partial charge in [-0.1, -0.05) is 28.9 Å². The second-order valence-electron chi connectivity index (χ2n) is 4.06. The number of nitrogens with zero attached hydrogens (tertiary/aromatic N) is 3. The molecule has 0 aliphatic rings. The summed E-state index contributed by atoms with van der Waals surface area (Å²) in [7, 11) is 1.80. The third-order valence-electron chi connectivity index (χ3n) is 2.53. The molecule has 0 aliphatic heterocycles. The summed E-state index contributed by atoms with van der Waals surface area (Å²) in [6.07, 6.45) is 3.45. The number of fused-ring (bicyclic) bond motifs is 1. The van der Waals surface area contributed by atoms with E-state index in [2.05, 4.69) is 21.0 Å². The second kappa shape index (κ2) is 4.87. The first kappa shape index (κ1) is 12.1. The van der Waals surface area contributed by atoms with Crippen LogP contribution in [0.15, 0.2) is 30.6 Å². The van der Waals surface area contributed by atoms with Gasteiger partial charge in [-0.3, -0.25) is 4.79 Å². The Bertz CT molecular complexity index is 535. The van der Waals surface area contributed by atoms with Gasteiger partial charge in [-0.15, -0.1) is 0 Å². The minimum absolute atomic E-state index is 0.00231. The lowest BCUT2D eigenvalue weighted by Gasteiger charge is -2.17. The number of amides is 1. The molecule has 0 N–H and O–H groups in total. The molecule has 4 nitrogen and oxygen atoms in total. The van der Waals surface area contributed by atoms with Crippen LogP contribution in [0.2, 0.25) is 0 Å². The molecule has 2 aromatic heterocycles. The van der Waals surface area contributed by atoms with Crippen LogP contribution in [-0.4, -0.2) is 38.8 Å². The standard InChI is InChI=1S/C12H14BrN3O/c1-9(13)8-15(2)12(17)10-7-14-16-6-4-3-5-11(10)16/h3-7,9H,8H2,1-2H3. The van der Waals surface area contributed by atoms with Crippen molar-refractivity contribution in [1.82, 2.24) is 14.5 Å². The van der Waals surface area contributed by atoms with Gasteiger partial charge < -0.3 is 4.90 Å². The van der Waals surface area contributed by atoms with Crippen LogP contribution in [-0.2, 0) is 0 Å². The van der Waals surface area contributed by atoms with Crippen molar-refractivity contribution in [2.24, 2.45) is 0 Å². The maximum atomic E-state index is 12.2. The molecule has 0 bridgehead atoms. The summed E-state index contributed by atoms with van der Waals surface area (Å²) in [5, 5.41) is 4.16. The predicted molar refractivity (Wildman–Crippen MR) is 70.5 cm³/mol. The lowest BCUT2D eigenvalue weighted by molar-refractivity contribution is 0.0799. The van der Waals surface area contributed by atoms with Crippen LogP contribution in [0.4, 0.5) is 0 Å². The molecule has 0 spiro atoms. The van der Waals surface area contributed by atoms with Crippen molar-refractivity contribution in [3.63, 3.8) is 0 Å². The fourth-order valence-corrected chi connectivity index (χ4v) is 2.20. The molecule has 0 fully saturated rings. The molecule has 2 aromatic rings. The van der Waals surface area contributed by atoms with E-state index in [1.165, 1.54) is 0 Å². The highest BCUT2D eigenvalue weighted by Gasteiger charge is 2.17. The van der Waals surface area contributed by atoms with Gasteiger partial charge in [0.25, 0.3) is 5.91 Å². The Morgan fingerprint density at radius 3 is 3.06 bits per heavy atom. The van der Waals surface area contributed by atoms with Gasteiger partial charge in [0.05, 0.1) is 17.3 Å². The smallest absolute Gasteiger partial charge is 0.257 e. The highest BCUT2D eigenvalue weighted by molar-refractivity contribution is 9.09. The average Bonchev–Trinajstić information content (AvgIpc) is 2.70. The van der Waals surface area contributed by atoms with Crippen LogP contribution in [0.25, 0.3) is 5.52 Å². The van der Waals surface area contributed by atoms with Crippen molar-refractivity contribution < 1.29 is 4.79 Å². The summed E-state index contributed by atoms with van der Waals surface area (Å²) in [6.45, 7) is 2.68. The first-order valence-corrected chi connectivity index (χ1v) is 6.33. The van der Waals surface area contributed by atoms with Crippen molar-refractivity contribution in [2.45, 2.75) is 11.8 Å². The SMILES string of the molecule is CC(Br)CN(C)C(=O)c1cnn2ccccc12. The van der Waals surface area contributed by atoms with Crippen LogP contribution in [0.3, 0.4) is 0 Å². The summed E-state index contributed by atoms with van der Waals surface area (Å²) < 4.78 is 1.71. The molecule has 1 amide bonds. The van der Waals surface area contributed by atoms with Crippen LogP contribution in [0, 0.1) is 0 Å².